The van der Waals surface area contributed by atoms with Gasteiger partial charge in [0.05, 0.1) is 18.0 Å². The number of benzene rings is 1. The van der Waals surface area contributed by atoms with E-state index in [1.54, 1.807) is 10.9 Å². The standard InChI is InChI=1S/C17H22N4O2/c22-16-8-6-14(7-9-16)20-17(23)18-10-13-11-19-21(12-13)15-4-2-1-3-5-15/h1-5,11-12,14,16,22H,6-10H2,(H2,18,20,23). The van der Waals surface area contributed by atoms with Crippen LogP contribution in [0.5, 0.6) is 0 Å². The molecule has 0 radical (unpaired) electrons. The molecule has 1 saturated carbocycles. The number of aromatic nitrogens is 2. The van der Waals surface area contributed by atoms with Gasteiger partial charge in [-0.2, -0.15) is 5.10 Å². The van der Waals surface area contributed by atoms with Gasteiger partial charge in [0.25, 0.3) is 0 Å². The van der Waals surface area contributed by atoms with Crippen LogP contribution in [0.4, 0.5) is 4.79 Å². The summed E-state index contributed by atoms with van der Waals surface area (Å²) in [6, 6.07) is 9.84. The van der Waals surface area contributed by atoms with Crippen LogP contribution in [0.3, 0.4) is 0 Å². The number of para-hydroxylation sites is 1. The average molecular weight is 314 g/mol. The minimum Gasteiger partial charge on any atom is -0.393 e. The van der Waals surface area contributed by atoms with Crippen molar-refractivity contribution in [2.45, 2.75) is 44.4 Å². The van der Waals surface area contributed by atoms with E-state index in [0.717, 1.165) is 36.9 Å². The van der Waals surface area contributed by atoms with E-state index in [9.17, 15) is 9.90 Å². The molecular weight excluding hydrogens is 292 g/mol. The Morgan fingerprint density at radius 2 is 1.96 bits per heavy atom. The molecule has 23 heavy (non-hydrogen) atoms. The predicted octanol–water partition coefficient (Wildman–Crippen LogP) is 1.97. The SMILES string of the molecule is O=C(NCc1cnn(-c2ccccc2)c1)NC1CCC(O)CC1. The number of hydrogen-bond donors (Lipinski definition) is 3. The van der Waals surface area contributed by atoms with E-state index in [4.69, 9.17) is 0 Å². The molecule has 1 fully saturated rings. The molecule has 3 rings (SSSR count). The Morgan fingerprint density at radius 3 is 2.70 bits per heavy atom. The van der Waals surface area contributed by atoms with Crippen molar-refractivity contribution in [2.75, 3.05) is 0 Å². The van der Waals surface area contributed by atoms with E-state index in [0.29, 0.717) is 6.54 Å². The second-order valence-corrected chi connectivity index (χ2v) is 5.96. The molecule has 1 aliphatic rings. The van der Waals surface area contributed by atoms with Gasteiger partial charge < -0.3 is 15.7 Å². The summed E-state index contributed by atoms with van der Waals surface area (Å²) in [5.41, 5.74) is 1.94. The number of hydrogen-bond acceptors (Lipinski definition) is 3. The van der Waals surface area contributed by atoms with Crippen LogP contribution in [0.1, 0.15) is 31.2 Å². The number of amides is 2. The summed E-state index contributed by atoms with van der Waals surface area (Å²) in [7, 11) is 0. The number of carbonyl (C=O) groups is 1. The van der Waals surface area contributed by atoms with Crippen LogP contribution in [0.15, 0.2) is 42.7 Å². The van der Waals surface area contributed by atoms with E-state index in [1.165, 1.54) is 0 Å². The maximum Gasteiger partial charge on any atom is 0.315 e. The van der Waals surface area contributed by atoms with Crippen LogP contribution in [0.25, 0.3) is 5.69 Å². The van der Waals surface area contributed by atoms with Crippen molar-refractivity contribution in [1.82, 2.24) is 20.4 Å². The van der Waals surface area contributed by atoms with E-state index in [1.807, 2.05) is 36.5 Å². The molecule has 0 saturated heterocycles. The number of aliphatic hydroxyl groups is 1. The summed E-state index contributed by atoms with van der Waals surface area (Å²) in [5, 5.41) is 19.6. The number of aliphatic hydroxyl groups excluding tert-OH is 1. The van der Waals surface area contributed by atoms with E-state index in [2.05, 4.69) is 15.7 Å². The van der Waals surface area contributed by atoms with Crippen molar-refractivity contribution in [3.63, 3.8) is 0 Å². The zero-order valence-electron chi connectivity index (χ0n) is 13.0. The lowest BCUT2D eigenvalue weighted by Gasteiger charge is -2.26. The molecular formula is C17H22N4O2. The third kappa shape index (κ3) is 4.32. The topological polar surface area (TPSA) is 79.2 Å². The molecule has 1 aromatic carbocycles. The fraction of sp³-hybridized carbons (Fsp3) is 0.412. The number of rotatable bonds is 4. The molecule has 2 amide bonds. The zero-order chi connectivity index (χ0) is 16.1. The Morgan fingerprint density at radius 1 is 1.22 bits per heavy atom. The summed E-state index contributed by atoms with van der Waals surface area (Å²) in [4.78, 5) is 11.9. The molecule has 2 aromatic rings. The Labute approximate surface area is 135 Å². The highest BCUT2D eigenvalue weighted by atomic mass is 16.3. The smallest absolute Gasteiger partial charge is 0.315 e. The van der Waals surface area contributed by atoms with Crippen molar-refractivity contribution < 1.29 is 9.90 Å². The van der Waals surface area contributed by atoms with Gasteiger partial charge in [0.1, 0.15) is 0 Å². The summed E-state index contributed by atoms with van der Waals surface area (Å²) < 4.78 is 1.79. The fourth-order valence-electron chi connectivity index (χ4n) is 2.81. The first-order valence-corrected chi connectivity index (χ1v) is 8.02. The van der Waals surface area contributed by atoms with Gasteiger partial charge in [-0.25, -0.2) is 9.48 Å². The number of carbonyl (C=O) groups excluding carboxylic acids is 1. The Bertz CT molecular complexity index is 633. The average Bonchev–Trinajstić information content (AvgIpc) is 3.05. The molecule has 0 unspecified atom stereocenters. The first-order valence-electron chi connectivity index (χ1n) is 8.02. The summed E-state index contributed by atoms with van der Waals surface area (Å²) in [6.45, 7) is 0.439. The van der Waals surface area contributed by atoms with E-state index >= 15 is 0 Å². The normalized spacial score (nSPS) is 20.9. The molecule has 6 heteroatoms. The highest BCUT2D eigenvalue weighted by Gasteiger charge is 2.20. The van der Waals surface area contributed by atoms with Gasteiger partial charge in [0.15, 0.2) is 0 Å². The molecule has 3 N–H and O–H groups in total. The molecule has 1 aromatic heterocycles. The number of nitrogens with zero attached hydrogens (tertiary/aromatic N) is 2. The predicted molar refractivity (Wildman–Crippen MR) is 87.2 cm³/mol. The fourth-order valence-corrected chi connectivity index (χ4v) is 2.81. The van der Waals surface area contributed by atoms with Gasteiger partial charge in [0.2, 0.25) is 0 Å². The van der Waals surface area contributed by atoms with Crippen molar-refractivity contribution in [3.8, 4) is 5.69 Å². The molecule has 0 aliphatic heterocycles. The molecule has 0 atom stereocenters. The Hall–Kier alpha value is -2.34. The third-order valence-electron chi connectivity index (χ3n) is 4.14. The quantitative estimate of drug-likeness (QED) is 0.807. The Kier molecular flexibility index (Phi) is 4.92. The summed E-state index contributed by atoms with van der Waals surface area (Å²) in [6.07, 6.45) is 6.64. The Balaban J connectivity index is 1.47. The van der Waals surface area contributed by atoms with Crippen molar-refractivity contribution in [3.05, 3.63) is 48.3 Å². The van der Waals surface area contributed by atoms with Gasteiger partial charge >= 0.3 is 6.03 Å². The van der Waals surface area contributed by atoms with Crippen LogP contribution in [-0.4, -0.2) is 33.1 Å². The minimum absolute atomic E-state index is 0.158. The molecule has 1 heterocycles. The molecule has 1 aliphatic carbocycles. The van der Waals surface area contributed by atoms with Gasteiger partial charge in [-0.15, -0.1) is 0 Å². The second kappa shape index (κ2) is 7.28. The summed E-state index contributed by atoms with van der Waals surface area (Å²) >= 11 is 0. The highest BCUT2D eigenvalue weighted by Crippen LogP contribution is 2.18. The van der Waals surface area contributed by atoms with Crippen molar-refractivity contribution >= 4 is 6.03 Å². The van der Waals surface area contributed by atoms with Gasteiger partial charge in [-0.1, -0.05) is 18.2 Å². The van der Waals surface area contributed by atoms with Crippen molar-refractivity contribution in [1.29, 1.82) is 0 Å². The van der Waals surface area contributed by atoms with Crippen LogP contribution < -0.4 is 10.6 Å². The first kappa shape index (κ1) is 15.6. The van der Waals surface area contributed by atoms with E-state index < -0.39 is 0 Å². The zero-order valence-corrected chi connectivity index (χ0v) is 13.0. The van der Waals surface area contributed by atoms with E-state index in [-0.39, 0.29) is 18.2 Å². The molecule has 0 bridgehead atoms. The van der Waals surface area contributed by atoms with Crippen LogP contribution in [0, 0.1) is 0 Å². The van der Waals surface area contributed by atoms with Crippen LogP contribution in [0.2, 0.25) is 0 Å². The van der Waals surface area contributed by atoms with Gasteiger partial charge in [-0.3, -0.25) is 0 Å². The summed E-state index contributed by atoms with van der Waals surface area (Å²) in [5.74, 6) is 0. The highest BCUT2D eigenvalue weighted by molar-refractivity contribution is 5.74. The minimum atomic E-state index is -0.208. The molecule has 6 nitrogen and oxygen atoms in total. The lowest BCUT2D eigenvalue weighted by atomic mass is 9.93. The van der Waals surface area contributed by atoms with Crippen LogP contribution >= 0.6 is 0 Å². The third-order valence-corrected chi connectivity index (χ3v) is 4.14. The lowest BCUT2D eigenvalue weighted by molar-refractivity contribution is 0.117. The van der Waals surface area contributed by atoms with Crippen molar-refractivity contribution in [2.24, 2.45) is 0 Å². The second-order valence-electron chi connectivity index (χ2n) is 5.96. The molecule has 0 spiro atoms. The number of nitrogens with one attached hydrogen (secondary N) is 2. The van der Waals surface area contributed by atoms with Crippen LogP contribution in [-0.2, 0) is 6.54 Å². The monoisotopic (exact) mass is 314 g/mol. The largest absolute Gasteiger partial charge is 0.393 e. The number of urea groups is 1. The van der Waals surface area contributed by atoms with Gasteiger partial charge in [-0.05, 0) is 37.8 Å². The lowest BCUT2D eigenvalue weighted by Crippen LogP contribution is -2.43. The van der Waals surface area contributed by atoms with Gasteiger partial charge in [0, 0.05) is 24.3 Å². The maximum atomic E-state index is 11.9. The maximum absolute atomic E-state index is 11.9. The molecule has 122 valence electrons. The first-order chi connectivity index (χ1) is 11.2.